The number of aromatic hydroxyl groups is 2. The van der Waals surface area contributed by atoms with Crippen LogP contribution >= 0.6 is 0 Å². The van der Waals surface area contributed by atoms with Crippen LogP contribution in [0.4, 0.5) is 8.78 Å². The van der Waals surface area contributed by atoms with E-state index in [2.05, 4.69) is 0 Å². The number of rotatable bonds is 2. The molecule has 0 bridgehead atoms. The fraction of sp³-hybridized carbons (Fsp3) is 0.0667. The van der Waals surface area contributed by atoms with Crippen molar-refractivity contribution in [1.82, 2.24) is 0 Å². The lowest BCUT2D eigenvalue weighted by atomic mass is 10.0. The monoisotopic (exact) mass is 262 g/mol. The van der Waals surface area contributed by atoms with Gasteiger partial charge >= 0.3 is 0 Å². The first kappa shape index (κ1) is 13.1. The molecule has 4 heteroatoms. The predicted octanol–water partition coefficient (Wildman–Crippen LogP) is 3.94. The van der Waals surface area contributed by atoms with Gasteiger partial charge in [0.15, 0.2) is 23.1 Å². The highest BCUT2D eigenvalue weighted by atomic mass is 19.1. The van der Waals surface area contributed by atoms with Crippen molar-refractivity contribution in [3.05, 3.63) is 59.2 Å². The average Bonchev–Trinajstić information content (AvgIpc) is 2.37. The lowest BCUT2D eigenvalue weighted by Crippen LogP contribution is -1.84. The fourth-order valence-electron chi connectivity index (χ4n) is 1.70. The normalized spacial score (nSPS) is 11.6. The number of hydrogen-bond acceptors (Lipinski definition) is 2. The second-order valence-corrected chi connectivity index (χ2v) is 4.20. The Kier molecular flexibility index (Phi) is 3.51. The van der Waals surface area contributed by atoms with Crippen LogP contribution in [0.5, 0.6) is 11.5 Å². The Hall–Kier alpha value is -2.36. The van der Waals surface area contributed by atoms with Gasteiger partial charge in [0.25, 0.3) is 0 Å². The van der Waals surface area contributed by atoms with Gasteiger partial charge < -0.3 is 10.2 Å². The first-order chi connectivity index (χ1) is 8.97. The molecule has 2 nitrogen and oxygen atoms in total. The molecule has 0 amide bonds. The van der Waals surface area contributed by atoms with Crippen LogP contribution in [0.3, 0.4) is 0 Å². The molecule has 0 aliphatic rings. The van der Waals surface area contributed by atoms with Crippen LogP contribution in [0, 0.1) is 11.6 Å². The van der Waals surface area contributed by atoms with Crippen molar-refractivity contribution in [3.8, 4) is 11.5 Å². The summed E-state index contributed by atoms with van der Waals surface area (Å²) in [6.45, 7) is 1.75. The lowest BCUT2D eigenvalue weighted by Gasteiger charge is -2.04. The van der Waals surface area contributed by atoms with E-state index in [1.165, 1.54) is 24.3 Å². The van der Waals surface area contributed by atoms with Crippen molar-refractivity contribution in [1.29, 1.82) is 0 Å². The van der Waals surface area contributed by atoms with E-state index in [9.17, 15) is 8.78 Å². The van der Waals surface area contributed by atoms with Gasteiger partial charge in [0.2, 0.25) is 0 Å². The Bertz CT molecular complexity index is 649. The largest absolute Gasteiger partial charge is 0.505 e. The summed E-state index contributed by atoms with van der Waals surface area (Å²) in [7, 11) is 0. The summed E-state index contributed by atoms with van der Waals surface area (Å²) in [6, 6.07) is 8.04. The second kappa shape index (κ2) is 5.10. The van der Waals surface area contributed by atoms with Gasteiger partial charge in [-0.3, -0.25) is 0 Å². The van der Waals surface area contributed by atoms with Crippen molar-refractivity contribution in [2.45, 2.75) is 6.92 Å². The molecule has 0 radical (unpaired) electrons. The van der Waals surface area contributed by atoms with E-state index < -0.39 is 23.1 Å². The third kappa shape index (κ3) is 2.91. The molecule has 19 heavy (non-hydrogen) atoms. The van der Waals surface area contributed by atoms with Crippen LogP contribution in [-0.2, 0) is 0 Å². The third-order valence-electron chi connectivity index (χ3n) is 2.76. The van der Waals surface area contributed by atoms with Crippen molar-refractivity contribution < 1.29 is 19.0 Å². The molecule has 2 N–H and O–H groups in total. The Balaban J connectivity index is 2.36. The Labute approximate surface area is 109 Å². The average molecular weight is 262 g/mol. The minimum atomic E-state index is -0.710. The highest BCUT2D eigenvalue weighted by molar-refractivity contribution is 5.80. The highest BCUT2D eigenvalue weighted by Gasteiger charge is 2.04. The van der Waals surface area contributed by atoms with Crippen LogP contribution in [0.25, 0.3) is 11.6 Å². The molecule has 0 aliphatic heterocycles. The summed E-state index contributed by atoms with van der Waals surface area (Å²) in [4.78, 5) is 0. The molecular weight excluding hydrogens is 250 g/mol. The van der Waals surface area contributed by atoms with E-state index in [1.807, 2.05) is 0 Å². The minimum absolute atomic E-state index is 0.410. The molecule has 0 heterocycles. The van der Waals surface area contributed by atoms with E-state index in [0.29, 0.717) is 16.7 Å². The summed E-state index contributed by atoms with van der Waals surface area (Å²) < 4.78 is 26.4. The van der Waals surface area contributed by atoms with E-state index in [1.54, 1.807) is 25.1 Å². The first-order valence-corrected chi connectivity index (χ1v) is 5.63. The summed E-state index contributed by atoms with van der Waals surface area (Å²) in [5.74, 6) is -2.24. The molecule has 0 atom stereocenters. The Morgan fingerprint density at radius 3 is 2.11 bits per heavy atom. The van der Waals surface area contributed by atoms with Crippen LogP contribution in [0.2, 0.25) is 0 Å². The highest BCUT2D eigenvalue weighted by Crippen LogP contribution is 2.24. The zero-order valence-electron chi connectivity index (χ0n) is 10.2. The quantitative estimate of drug-likeness (QED) is 0.805. The fourth-order valence-corrected chi connectivity index (χ4v) is 1.70. The van der Waals surface area contributed by atoms with Crippen LogP contribution in [-0.4, -0.2) is 10.2 Å². The number of halogens is 2. The molecule has 2 aromatic rings. The maximum atomic E-state index is 13.2. The molecule has 0 fully saturated rings. The maximum absolute atomic E-state index is 13.2. The topological polar surface area (TPSA) is 40.5 Å². The number of benzene rings is 2. The zero-order chi connectivity index (χ0) is 14.0. The van der Waals surface area contributed by atoms with Gasteiger partial charge in [0.1, 0.15) is 0 Å². The van der Waals surface area contributed by atoms with E-state index in [0.717, 1.165) is 0 Å². The molecule has 2 aromatic carbocycles. The summed E-state index contributed by atoms with van der Waals surface area (Å²) in [6.07, 6.45) is 1.66. The van der Waals surface area contributed by atoms with Crippen LogP contribution < -0.4 is 0 Å². The molecule has 2 rings (SSSR count). The molecule has 0 aliphatic carbocycles. The van der Waals surface area contributed by atoms with Gasteiger partial charge in [0, 0.05) is 0 Å². The number of phenolic OH excluding ortho intramolecular Hbond substituents is 2. The summed E-state index contributed by atoms with van der Waals surface area (Å²) >= 11 is 0. The van der Waals surface area contributed by atoms with Gasteiger partial charge in [-0.15, -0.1) is 0 Å². The van der Waals surface area contributed by atoms with Gasteiger partial charge in [-0.1, -0.05) is 18.2 Å². The molecule has 0 aromatic heterocycles. The van der Waals surface area contributed by atoms with E-state index in [-0.39, 0.29) is 0 Å². The van der Waals surface area contributed by atoms with Gasteiger partial charge in [-0.25, -0.2) is 8.78 Å². The van der Waals surface area contributed by atoms with Gasteiger partial charge in [0.05, 0.1) is 0 Å². The molecule has 98 valence electrons. The molecular formula is C15H12F2O2. The van der Waals surface area contributed by atoms with Crippen molar-refractivity contribution >= 4 is 11.6 Å². The summed E-state index contributed by atoms with van der Waals surface area (Å²) in [5, 5.41) is 18.2. The smallest absolute Gasteiger partial charge is 0.165 e. The van der Waals surface area contributed by atoms with E-state index >= 15 is 0 Å². The molecule has 0 unspecified atom stereocenters. The van der Waals surface area contributed by atoms with Gasteiger partial charge in [-0.2, -0.15) is 0 Å². The number of phenols is 2. The SMILES string of the molecule is CC(=Cc1ccc(O)c(F)c1)c1ccc(O)c(F)c1. The van der Waals surface area contributed by atoms with Crippen LogP contribution in [0.1, 0.15) is 18.1 Å². The van der Waals surface area contributed by atoms with Crippen molar-refractivity contribution in [3.63, 3.8) is 0 Å². The minimum Gasteiger partial charge on any atom is -0.505 e. The molecule has 0 saturated carbocycles. The summed E-state index contributed by atoms with van der Waals surface area (Å²) in [5.41, 5.74) is 1.86. The third-order valence-corrected chi connectivity index (χ3v) is 2.76. The van der Waals surface area contributed by atoms with E-state index in [4.69, 9.17) is 10.2 Å². The lowest BCUT2D eigenvalue weighted by molar-refractivity contribution is 0.432. The van der Waals surface area contributed by atoms with Gasteiger partial charge in [-0.05, 0) is 47.9 Å². The number of hydrogen-bond donors (Lipinski definition) is 2. The second-order valence-electron chi connectivity index (χ2n) is 4.20. The van der Waals surface area contributed by atoms with Crippen molar-refractivity contribution in [2.75, 3.05) is 0 Å². The molecule has 0 spiro atoms. The maximum Gasteiger partial charge on any atom is 0.165 e. The Morgan fingerprint density at radius 2 is 1.53 bits per heavy atom. The standard InChI is InChI=1S/C15H12F2O2/c1-9(11-3-5-15(19)13(17)8-11)6-10-2-4-14(18)12(16)7-10/h2-8,18-19H,1H3. The first-order valence-electron chi connectivity index (χ1n) is 5.63. The number of allylic oxidation sites excluding steroid dienone is 1. The Morgan fingerprint density at radius 1 is 0.947 bits per heavy atom. The van der Waals surface area contributed by atoms with Crippen molar-refractivity contribution in [2.24, 2.45) is 0 Å². The molecule has 0 saturated heterocycles. The zero-order valence-corrected chi connectivity index (χ0v) is 10.2. The van der Waals surface area contributed by atoms with Crippen LogP contribution in [0.15, 0.2) is 36.4 Å². The predicted molar refractivity (Wildman–Crippen MR) is 69.7 cm³/mol.